The first-order valence-corrected chi connectivity index (χ1v) is 4.82. The molecule has 0 aliphatic carbocycles. The van der Waals surface area contributed by atoms with Crippen LogP contribution in [0.1, 0.15) is 12.7 Å². The lowest BCUT2D eigenvalue weighted by Gasteiger charge is -2.05. The number of rotatable bonds is 5. The Morgan fingerprint density at radius 1 is 1.62 bits per heavy atom. The van der Waals surface area contributed by atoms with Crippen LogP contribution >= 0.6 is 0 Å². The predicted octanol–water partition coefficient (Wildman–Crippen LogP) is 1.13. The van der Waals surface area contributed by atoms with E-state index >= 15 is 0 Å². The van der Waals surface area contributed by atoms with Gasteiger partial charge in [-0.3, -0.25) is 9.59 Å². The molecule has 1 aromatic rings. The van der Waals surface area contributed by atoms with Gasteiger partial charge in [0.15, 0.2) is 0 Å². The number of hydrogen-bond acceptors (Lipinski definition) is 3. The fourth-order valence-corrected chi connectivity index (χ4v) is 0.944. The molecular weight excluding hydrogens is 210 g/mol. The molecule has 1 rings (SSSR count). The first-order valence-electron chi connectivity index (χ1n) is 4.82. The highest BCUT2D eigenvalue weighted by atomic mass is 16.4. The third-order valence-electron chi connectivity index (χ3n) is 1.95. The van der Waals surface area contributed by atoms with Gasteiger partial charge >= 0.3 is 5.97 Å². The number of nitrogens with one attached hydrogen (secondary N) is 1. The molecule has 1 unspecified atom stereocenters. The van der Waals surface area contributed by atoms with Gasteiger partial charge in [0.2, 0.25) is 5.91 Å². The van der Waals surface area contributed by atoms with E-state index in [1.807, 2.05) is 0 Å². The SMILES string of the molecule is CC(CNC(=O)C=Cc1ccco1)C(=O)O. The standard InChI is InChI=1S/C11H13NO4/c1-8(11(14)15)7-12-10(13)5-4-9-3-2-6-16-9/h2-6,8H,7H2,1H3,(H,12,13)(H,14,15). The molecule has 0 spiro atoms. The first kappa shape index (κ1) is 12.0. The van der Waals surface area contributed by atoms with Gasteiger partial charge in [-0.25, -0.2) is 0 Å². The quantitative estimate of drug-likeness (QED) is 0.733. The lowest BCUT2D eigenvalue weighted by Crippen LogP contribution is -2.30. The molecule has 0 bridgehead atoms. The molecule has 5 nitrogen and oxygen atoms in total. The Hall–Kier alpha value is -2.04. The molecule has 0 aliphatic heterocycles. The van der Waals surface area contributed by atoms with E-state index in [1.165, 1.54) is 25.3 Å². The van der Waals surface area contributed by atoms with Gasteiger partial charge in [0.05, 0.1) is 12.2 Å². The van der Waals surface area contributed by atoms with E-state index < -0.39 is 11.9 Å². The minimum atomic E-state index is -0.935. The summed E-state index contributed by atoms with van der Waals surface area (Å²) in [6, 6.07) is 3.42. The van der Waals surface area contributed by atoms with Crippen molar-refractivity contribution in [3.63, 3.8) is 0 Å². The van der Waals surface area contributed by atoms with Crippen LogP contribution in [-0.4, -0.2) is 23.5 Å². The largest absolute Gasteiger partial charge is 0.481 e. The summed E-state index contributed by atoms with van der Waals surface area (Å²) >= 11 is 0. The third kappa shape index (κ3) is 4.00. The van der Waals surface area contributed by atoms with Crippen molar-refractivity contribution in [3.05, 3.63) is 30.2 Å². The molecule has 5 heteroatoms. The van der Waals surface area contributed by atoms with Gasteiger partial charge < -0.3 is 14.8 Å². The second-order valence-electron chi connectivity index (χ2n) is 3.33. The summed E-state index contributed by atoms with van der Waals surface area (Å²) in [6.07, 6.45) is 4.32. The van der Waals surface area contributed by atoms with E-state index in [0.29, 0.717) is 5.76 Å². The van der Waals surface area contributed by atoms with Gasteiger partial charge in [0.25, 0.3) is 0 Å². The molecule has 1 heterocycles. The number of amides is 1. The molecule has 1 atom stereocenters. The summed E-state index contributed by atoms with van der Waals surface area (Å²) in [6.45, 7) is 1.63. The summed E-state index contributed by atoms with van der Waals surface area (Å²) < 4.78 is 4.99. The van der Waals surface area contributed by atoms with Crippen LogP contribution in [0.25, 0.3) is 6.08 Å². The van der Waals surface area contributed by atoms with Crippen LogP contribution in [-0.2, 0) is 9.59 Å². The van der Waals surface area contributed by atoms with Crippen LogP contribution < -0.4 is 5.32 Å². The zero-order chi connectivity index (χ0) is 12.0. The summed E-state index contributed by atoms with van der Waals surface area (Å²) in [7, 11) is 0. The van der Waals surface area contributed by atoms with Crippen molar-refractivity contribution in [2.45, 2.75) is 6.92 Å². The zero-order valence-electron chi connectivity index (χ0n) is 8.84. The molecular formula is C11H13NO4. The lowest BCUT2D eigenvalue weighted by atomic mass is 10.2. The molecule has 0 radical (unpaired) electrons. The number of carboxylic acid groups (broad SMARTS) is 1. The number of hydrogen-bond donors (Lipinski definition) is 2. The van der Waals surface area contributed by atoms with Gasteiger partial charge in [0.1, 0.15) is 5.76 Å². The van der Waals surface area contributed by atoms with Crippen molar-refractivity contribution >= 4 is 18.0 Å². The zero-order valence-corrected chi connectivity index (χ0v) is 8.84. The van der Waals surface area contributed by atoms with Crippen LogP contribution in [0, 0.1) is 5.92 Å². The number of carbonyl (C=O) groups excluding carboxylic acids is 1. The first-order chi connectivity index (χ1) is 7.59. The maximum Gasteiger partial charge on any atom is 0.308 e. The minimum absolute atomic E-state index is 0.108. The second-order valence-corrected chi connectivity index (χ2v) is 3.33. The van der Waals surface area contributed by atoms with Gasteiger partial charge in [-0.1, -0.05) is 6.92 Å². The number of carboxylic acids is 1. The minimum Gasteiger partial charge on any atom is -0.481 e. The van der Waals surface area contributed by atoms with Gasteiger partial charge in [0, 0.05) is 12.6 Å². The van der Waals surface area contributed by atoms with E-state index in [2.05, 4.69) is 5.32 Å². The molecule has 1 aromatic heterocycles. The van der Waals surface area contributed by atoms with Crippen LogP contribution in [0.3, 0.4) is 0 Å². The van der Waals surface area contributed by atoms with E-state index in [4.69, 9.17) is 9.52 Å². The van der Waals surface area contributed by atoms with Crippen LogP contribution in [0.4, 0.5) is 0 Å². The summed E-state index contributed by atoms with van der Waals surface area (Å²) in [5, 5.41) is 11.1. The highest BCUT2D eigenvalue weighted by Crippen LogP contribution is 2.01. The van der Waals surface area contributed by atoms with Crippen molar-refractivity contribution in [1.82, 2.24) is 5.32 Å². The van der Waals surface area contributed by atoms with Crippen molar-refractivity contribution in [2.24, 2.45) is 5.92 Å². The van der Waals surface area contributed by atoms with E-state index in [-0.39, 0.29) is 12.5 Å². The van der Waals surface area contributed by atoms with Crippen LogP contribution in [0.15, 0.2) is 28.9 Å². The van der Waals surface area contributed by atoms with Crippen molar-refractivity contribution in [1.29, 1.82) is 0 Å². The smallest absolute Gasteiger partial charge is 0.308 e. The normalized spacial score (nSPS) is 12.6. The van der Waals surface area contributed by atoms with E-state index in [0.717, 1.165) is 0 Å². The highest BCUT2D eigenvalue weighted by Gasteiger charge is 2.10. The Labute approximate surface area is 92.8 Å². The Morgan fingerprint density at radius 2 is 2.38 bits per heavy atom. The number of aliphatic carboxylic acids is 1. The maximum atomic E-state index is 11.2. The fraction of sp³-hybridized carbons (Fsp3) is 0.273. The van der Waals surface area contributed by atoms with Crippen molar-refractivity contribution < 1.29 is 19.1 Å². The fourth-order valence-electron chi connectivity index (χ4n) is 0.944. The number of carbonyl (C=O) groups is 2. The topological polar surface area (TPSA) is 79.5 Å². The van der Waals surface area contributed by atoms with Crippen molar-refractivity contribution in [2.75, 3.05) is 6.54 Å². The molecule has 0 saturated heterocycles. The molecule has 0 aromatic carbocycles. The molecule has 16 heavy (non-hydrogen) atoms. The number of furan rings is 1. The Bertz CT molecular complexity index is 381. The summed E-state index contributed by atoms with van der Waals surface area (Å²) in [5.41, 5.74) is 0. The maximum absolute atomic E-state index is 11.2. The summed E-state index contributed by atoms with van der Waals surface area (Å²) in [4.78, 5) is 21.7. The average Bonchev–Trinajstić information content (AvgIpc) is 2.75. The lowest BCUT2D eigenvalue weighted by molar-refractivity contribution is -0.141. The van der Waals surface area contributed by atoms with Gasteiger partial charge in [-0.05, 0) is 18.2 Å². The highest BCUT2D eigenvalue weighted by molar-refractivity contribution is 5.91. The van der Waals surface area contributed by atoms with E-state index in [1.54, 1.807) is 12.1 Å². The monoisotopic (exact) mass is 223 g/mol. The predicted molar refractivity (Wildman–Crippen MR) is 57.6 cm³/mol. The van der Waals surface area contributed by atoms with Crippen molar-refractivity contribution in [3.8, 4) is 0 Å². The van der Waals surface area contributed by atoms with Gasteiger partial charge in [-0.15, -0.1) is 0 Å². The second kappa shape index (κ2) is 5.75. The molecule has 2 N–H and O–H groups in total. The third-order valence-corrected chi connectivity index (χ3v) is 1.95. The molecule has 1 amide bonds. The molecule has 0 aliphatic rings. The molecule has 0 saturated carbocycles. The summed E-state index contributed by atoms with van der Waals surface area (Å²) in [5.74, 6) is -1.30. The van der Waals surface area contributed by atoms with Crippen LogP contribution in [0.2, 0.25) is 0 Å². The average molecular weight is 223 g/mol. The molecule has 86 valence electrons. The van der Waals surface area contributed by atoms with Gasteiger partial charge in [-0.2, -0.15) is 0 Å². The Balaban J connectivity index is 2.34. The molecule has 0 fully saturated rings. The Kier molecular flexibility index (Phi) is 4.32. The Morgan fingerprint density at radius 3 is 2.94 bits per heavy atom. The van der Waals surface area contributed by atoms with Crippen LogP contribution in [0.5, 0.6) is 0 Å². The van der Waals surface area contributed by atoms with E-state index in [9.17, 15) is 9.59 Å².